The fourth-order valence-corrected chi connectivity index (χ4v) is 6.32. The first kappa shape index (κ1) is 25.8. The predicted molar refractivity (Wildman–Crippen MR) is 150 cm³/mol. The van der Waals surface area contributed by atoms with Gasteiger partial charge in [0, 0.05) is 86.2 Å². The molecular formula is C29H30N6O5. The van der Waals surface area contributed by atoms with Crippen LogP contribution in [0.4, 0.5) is 11.4 Å². The smallest absolute Gasteiger partial charge is 0.339 e. The van der Waals surface area contributed by atoms with E-state index >= 15 is 0 Å². The summed E-state index contributed by atoms with van der Waals surface area (Å²) in [6.45, 7) is 3.53. The predicted octanol–water partition coefficient (Wildman–Crippen LogP) is 3.84. The van der Waals surface area contributed by atoms with E-state index in [0.29, 0.717) is 45.9 Å². The summed E-state index contributed by atoms with van der Waals surface area (Å²) in [5.74, 6) is 0.695. The zero-order valence-corrected chi connectivity index (χ0v) is 22.6. The number of carbonyl (C=O) groups is 1. The van der Waals surface area contributed by atoms with Crippen molar-refractivity contribution in [2.45, 2.75) is 6.42 Å². The lowest BCUT2D eigenvalue weighted by Gasteiger charge is -2.22. The van der Waals surface area contributed by atoms with E-state index in [1.54, 1.807) is 12.1 Å². The first-order chi connectivity index (χ1) is 19.2. The zero-order valence-electron chi connectivity index (χ0n) is 22.6. The Labute approximate surface area is 230 Å². The van der Waals surface area contributed by atoms with Gasteiger partial charge in [-0.05, 0) is 24.9 Å². The monoisotopic (exact) mass is 542 g/mol. The van der Waals surface area contributed by atoms with Crippen molar-refractivity contribution in [3.05, 3.63) is 75.9 Å². The van der Waals surface area contributed by atoms with E-state index in [1.807, 2.05) is 42.1 Å². The Kier molecular flexibility index (Phi) is 6.38. The van der Waals surface area contributed by atoms with Gasteiger partial charge in [-0.2, -0.15) is 0 Å². The van der Waals surface area contributed by atoms with E-state index in [2.05, 4.69) is 26.8 Å². The highest BCUT2D eigenvalue weighted by Crippen LogP contribution is 2.41. The fraction of sp³-hybridized carbons (Fsp3) is 0.345. The Morgan fingerprint density at radius 1 is 1.15 bits per heavy atom. The van der Waals surface area contributed by atoms with Crippen LogP contribution < -0.4 is 9.64 Å². The summed E-state index contributed by atoms with van der Waals surface area (Å²) >= 11 is 0. The number of rotatable bonds is 7. The molecule has 40 heavy (non-hydrogen) atoms. The van der Waals surface area contributed by atoms with Gasteiger partial charge in [-0.25, -0.2) is 14.8 Å². The Morgan fingerprint density at radius 3 is 2.55 bits per heavy atom. The highest BCUT2D eigenvalue weighted by molar-refractivity contribution is 6.02. The third kappa shape index (κ3) is 4.41. The average molecular weight is 543 g/mol. The van der Waals surface area contributed by atoms with Gasteiger partial charge in [-0.3, -0.25) is 10.1 Å². The highest BCUT2D eigenvalue weighted by atomic mass is 16.6. The van der Waals surface area contributed by atoms with Crippen molar-refractivity contribution < 1.29 is 19.6 Å². The Morgan fingerprint density at radius 2 is 1.88 bits per heavy atom. The number of nitro benzene ring substituents is 1. The van der Waals surface area contributed by atoms with E-state index in [-0.39, 0.29) is 22.6 Å². The molecule has 6 rings (SSSR count). The normalized spacial score (nSPS) is 18.8. The molecule has 2 aliphatic heterocycles. The van der Waals surface area contributed by atoms with E-state index in [0.717, 1.165) is 37.1 Å². The molecule has 0 saturated carbocycles. The van der Waals surface area contributed by atoms with Crippen LogP contribution in [-0.4, -0.2) is 75.8 Å². The molecule has 2 aliphatic rings. The molecule has 0 bridgehead atoms. The van der Waals surface area contributed by atoms with Crippen molar-refractivity contribution in [3.63, 3.8) is 0 Å². The van der Waals surface area contributed by atoms with Crippen LogP contribution in [0.25, 0.3) is 22.2 Å². The van der Waals surface area contributed by atoms with Gasteiger partial charge in [0.05, 0.1) is 17.7 Å². The topological polar surface area (TPSA) is 127 Å². The first-order valence-corrected chi connectivity index (χ1v) is 13.2. The molecule has 1 N–H and O–H groups in total. The third-order valence-electron chi connectivity index (χ3n) is 8.15. The summed E-state index contributed by atoms with van der Waals surface area (Å²) in [5.41, 5.74) is 3.04. The second-order valence-corrected chi connectivity index (χ2v) is 10.8. The van der Waals surface area contributed by atoms with Gasteiger partial charge in [0.15, 0.2) is 0 Å². The van der Waals surface area contributed by atoms with Gasteiger partial charge >= 0.3 is 5.97 Å². The van der Waals surface area contributed by atoms with Crippen molar-refractivity contribution in [1.29, 1.82) is 0 Å². The minimum absolute atomic E-state index is 0.0144. The second-order valence-electron chi connectivity index (χ2n) is 10.8. The summed E-state index contributed by atoms with van der Waals surface area (Å²) in [6, 6.07) is 11.0. The van der Waals surface area contributed by atoms with Crippen molar-refractivity contribution in [2.24, 2.45) is 18.9 Å². The number of benzene rings is 2. The van der Waals surface area contributed by atoms with Gasteiger partial charge in [0.25, 0.3) is 5.69 Å². The van der Waals surface area contributed by atoms with Crippen molar-refractivity contribution in [1.82, 2.24) is 19.4 Å². The van der Waals surface area contributed by atoms with E-state index in [1.165, 1.54) is 13.3 Å². The number of para-hydroxylation sites is 1. The Balaban J connectivity index is 1.39. The maximum atomic E-state index is 12.2. The first-order valence-electron chi connectivity index (χ1n) is 13.2. The molecule has 11 nitrogen and oxygen atoms in total. The van der Waals surface area contributed by atoms with Crippen molar-refractivity contribution >= 4 is 28.2 Å². The molecule has 0 radical (unpaired) electrons. The number of aryl methyl sites for hydroxylation is 1. The van der Waals surface area contributed by atoms with Crippen LogP contribution in [0, 0.1) is 22.0 Å². The number of aromatic carboxylic acids is 1. The molecule has 2 fully saturated rings. The molecule has 2 aromatic carbocycles. The van der Waals surface area contributed by atoms with Crippen molar-refractivity contribution in [3.8, 4) is 17.0 Å². The number of anilines is 1. The number of carboxylic acid groups (broad SMARTS) is 1. The third-order valence-corrected chi connectivity index (χ3v) is 8.15. The Bertz CT molecular complexity index is 1640. The number of fused-ring (bicyclic) bond motifs is 2. The maximum absolute atomic E-state index is 12.2. The summed E-state index contributed by atoms with van der Waals surface area (Å²) < 4.78 is 7.62. The number of methoxy groups -OCH3 is 1. The number of hydrogen-bond acceptors (Lipinski definition) is 8. The minimum Gasteiger partial charge on any atom is -0.496 e. The number of nitro groups is 1. The molecule has 4 heterocycles. The molecule has 0 aliphatic carbocycles. The summed E-state index contributed by atoms with van der Waals surface area (Å²) in [5, 5.41) is 23.0. The number of carboxylic acids is 1. The summed E-state index contributed by atoms with van der Waals surface area (Å²) in [4.78, 5) is 37.3. The average Bonchev–Trinajstić information content (AvgIpc) is 3.59. The minimum atomic E-state index is -1.13. The van der Waals surface area contributed by atoms with Crippen LogP contribution in [0.1, 0.15) is 21.7 Å². The van der Waals surface area contributed by atoms with Gasteiger partial charge < -0.3 is 24.2 Å². The molecule has 0 amide bonds. The van der Waals surface area contributed by atoms with Gasteiger partial charge in [-0.1, -0.05) is 18.2 Å². The van der Waals surface area contributed by atoms with Crippen LogP contribution in [0.2, 0.25) is 0 Å². The summed E-state index contributed by atoms with van der Waals surface area (Å²) in [6.07, 6.45) is 3.29. The van der Waals surface area contributed by atoms with Gasteiger partial charge in [0.2, 0.25) is 0 Å². The molecule has 0 spiro atoms. The second kappa shape index (κ2) is 9.91. The number of hydrogen-bond donors (Lipinski definition) is 1. The summed E-state index contributed by atoms with van der Waals surface area (Å²) in [7, 11) is 5.55. The number of nitrogens with zero attached hydrogens (tertiary/aromatic N) is 6. The van der Waals surface area contributed by atoms with Crippen LogP contribution in [0.3, 0.4) is 0 Å². The van der Waals surface area contributed by atoms with Gasteiger partial charge in [0.1, 0.15) is 22.8 Å². The molecule has 2 aromatic heterocycles. The molecular weight excluding hydrogens is 512 g/mol. The van der Waals surface area contributed by atoms with E-state index in [9.17, 15) is 20.0 Å². The van der Waals surface area contributed by atoms with Crippen LogP contribution >= 0.6 is 0 Å². The number of ether oxygens (including phenoxy) is 1. The molecule has 11 heteroatoms. The lowest BCUT2D eigenvalue weighted by atomic mass is 10.0. The quantitative estimate of drug-likeness (QED) is 0.274. The largest absolute Gasteiger partial charge is 0.496 e. The fourth-order valence-electron chi connectivity index (χ4n) is 6.32. The zero-order chi connectivity index (χ0) is 28.1. The number of aromatic nitrogens is 3. The standard InChI is InChI=1S/C29H30N6O5/c1-32-12-18-14-34(15-19(18)13-32)24-10-26(40-3)17(8-25(24)35(38)39)9-27-30-11-21(29(36)37)28(31-27)22-16-33(2)23-7-5-4-6-20(22)23/h4-8,10-11,16,18-19H,9,12-15H2,1-3H3,(H,36,37)/t18-,19+. The SMILES string of the molecule is COc1cc(N2C[C@H]3CN(C)C[C@H]3C2)c([N+](=O)[O-])cc1Cc1ncc(C(=O)O)c(-c2cn(C)c3ccccc23)n1. The lowest BCUT2D eigenvalue weighted by Crippen LogP contribution is -2.27. The molecule has 4 aromatic rings. The van der Waals surface area contributed by atoms with Crippen molar-refractivity contribution in [2.75, 3.05) is 45.2 Å². The van der Waals surface area contributed by atoms with E-state index < -0.39 is 5.97 Å². The molecule has 0 unspecified atom stereocenters. The molecule has 206 valence electrons. The van der Waals surface area contributed by atoms with Crippen LogP contribution in [-0.2, 0) is 13.5 Å². The lowest BCUT2D eigenvalue weighted by molar-refractivity contribution is -0.384. The van der Waals surface area contributed by atoms with Crippen LogP contribution in [0.5, 0.6) is 5.75 Å². The molecule has 2 atom stereocenters. The molecule has 2 saturated heterocycles. The van der Waals surface area contributed by atoms with Crippen LogP contribution in [0.15, 0.2) is 48.8 Å². The maximum Gasteiger partial charge on any atom is 0.339 e. The van der Waals surface area contributed by atoms with E-state index in [4.69, 9.17) is 4.74 Å². The van der Waals surface area contributed by atoms with Gasteiger partial charge in [-0.15, -0.1) is 0 Å². The Hall–Kier alpha value is -4.51. The highest BCUT2D eigenvalue weighted by Gasteiger charge is 2.40. The number of likely N-dealkylation sites (tertiary alicyclic amines) is 1.